The third-order valence-electron chi connectivity index (χ3n) is 4.17. The number of thiazole rings is 1. The van der Waals surface area contributed by atoms with E-state index in [9.17, 15) is 4.79 Å². The summed E-state index contributed by atoms with van der Waals surface area (Å²) in [7, 11) is 0. The number of hydrogen-bond acceptors (Lipinski definition) is 4. The van der Waals surface area contributed by atoms with Gasteiger partial charge in [0.05, 0.1) is 17.1 Å². The van der Waals surface area contributed by atoms with Crippen molar-refractivity contribution in [3.63, 3.8) is 0 Å². The summed E-state index contributed by atoms with van der Waals surface area (Å²) in [6.45, 7) is 8.46. The SMILES string of the molecule is CCC1CCCCN1Cc1sc(C(C)C)nc1CC(=O)O. The summed E-state index contributed by atoms with van der Waals surface area (Å²) in [6, 6.07) is 0.640. The zero-order valence-corrected chi connectivity index (χ0v) is 14.1. The van der Waals surface area contributed by atoms with Crippen LogP contribution >= 0.6 is 11.3 Å². The lowest BCUT2D eigenvalue weighted by atomic mass is 10.00. The maximum Gasteiger partial charge on any atom is 0.309 e. The van der Waals surface area contributed by atoms with Gasteiger partial charge in [-0.1, -0.05) is 27.2 Å². The van der Waals surface area contributed by atoms with Gasteiger partial charge in [-0.05, 0) is 25.8 Å². The van der Waals surface area contributed by atoms with Gasteiger partial charge in [0.25, 0.3) is 0 Å². The summed E-state index contributed by atoms with van der Waals surface area (Å²) in [5.41, 5.74) is 0.775. The third-order valence-corrected chi connectivity index (χ3v) is 5.56. The highest BCUT2D eigenvalue weighted by molar-refractivity contribution is 7.11. The Morgan fingerprint density at radius 3 is 2.86 bits per heavy atom. The van der Waals surface area contributed by atoms with Crippen molar-refractivity contribution < 1.29 is 9.90 Å². The number of aromatic nitrogens is 1. The van der Waals surface area contributed by atoms with Crippen LogP contribution in [0.25, 0.3) is 0 Å². The first-order chi connectivity index (χ1) is 10.0. The van der Waals surface area contributed by atoms with Crippen molar-refractivity contribution in [2.45, 2.75) is 71.4 Å². The molecule has 1 aliphatic heterocycles. The van der Waals surface area contributed by atoms with Gasteiger partial charge in [0.15, 0.2) is 0 Å². The zero-order chi connectivity index (χ0) is 15.4. The van der Waals surface area contributed by atoms with Gasteiger partial charge in [0, 0.05) is 23.4 Å². The van der Waals surface area contributed by atoms with Crippen molar-refractivity contribution >= 4 is 17.3 Å². The molecule has 0 aromatic carbocycles. The van der Waals surface area contributed by atoms with Crippen LogP contribution in [0.2, 0.25) is 0 Å². The maximum absolute atomic E-state index is 11.1. The number of likely N-dealkylation sites (tertiary alicyclic amines) is 1. The minimum atomic E-state index is -0.789. The van der Waals surface area contributed by atoms with E-state index in [0.29, 0.717) is 12.0 Å². The molecule has 1 aromatic rings. The molecule has 0 amide bonds. The zero-order valence-electron chi connectivity index (χ0n) is 13.3. The number of piperidine rings is 1. The quantitative estimate of drug-likeness (QED) is 0.871. The molecule has 0 bridgehead atoms. The molecule has 1 aromatic heterocycles. The van der Waals surface area contributed by atoms with Crippen molar-refractivity contribution in [3.8, 4) is 0 Å². The molecular weight excluding hydrogens is 284 g/mol. The molecule has 21 heavy (non-hydrogen) atoms. The van der Waals surface area contributed by atoms with Gasteiger partial charge >= 0.3 is 5.97 Å². The van der Waals surface area contributed by atoms with E-state index in [1.165, 1.54) is 25.7 Å². The Bertz CT molecular complexity index is 485. The first-order valence-electron chi connectivity index (χ1n) is 7.95. The highest BCUT2D eigenvalue weighted by Gasteiger charge is 2.24. The normalized spacial score (nSPS) is 20.1. The second-order valence-corrected chi connectivity index (χ2v) is 7.29. The number of carboxylic acids is 1. The second kappa shape index (κ2) is 7.36. The lowest BCUT2D eigenvalue weighted by molar-refractivity contribution is -0.136. The van der Waals surface area contributed by atoms with Gasteiger partial charge in [-0.25, -0.2) is 4.98 Å². The molecule has 0 spiro atoms. The van der Waals surface area contributed by atoms with E-state index >= 15 is 0 Å². The topological polar surface area (TPSA) is 53.4 Å². The van der Waals surface area contributed by atoms with E-state index in [-0.39, 0.29) is 6.42 Å². The van der Waals surface area contributed by atoms with Gasteiger partial charge in [0.2, 0.25) is 0 Å². The summed E-state index contributed by atoms with van der Waals surface area (Å²) in [5, 5.41) is 10.2. The van der Waals surface area contributed by atoms with E-state index in [2.05, 4.69) is 30.7 Å². The van der Waals surface area contributed by atoms with Crippen molar-refractivity contribution in [2.75, 3.05) is 6.54 Å². The molecule has 1 aliphatic rings. The predicted octanol–water partition coefficient (Wildman–Crippen LogP) is 3.66. The molecule has 2 heterocycles. The Balaban J connectivity index is 2.18. The second-order valence-electron chi connectivity index (χ2n) is 6.18. The van der Waals surface area contributed by atoms with Crippen LogP contribution in [0.4, 0.5) is 0 Å². The van der Waals surface area contributed by atoms with Crippen LogP contribution in [0.1, 0.15) is 68.0 Å². The van der Waals surface area contributed by atoms with Crippen molar-refractivity contribution in [2.24, 2.45) is 0 Å². The van der Waals surface area contributed by atoms with Crippen LogP contribution in [0.15, 0.2) is 0 Å². The lowest BCUT2D eigenvalue weighted by Crippen LogP contribution is -2.38. The first-order valence-corrected chi connectivity index (χ1v) is 8.77. The molecule has 1 N–H and O–H groups in total. The summed E-state index contributed by atoms with van der Waals surface area (Å²) < 4.78 is 0. The number of carbonyl (C=O) groups is 1. The average molecular weight is 310 g/mol. The lowest BCUT2D eigenvalue weighted by Gasteiger charge is -2.34. The molecule has 5 heteroatoms. The average Bonchev–Trinajstić information content (AvgIpc) is 2.82. The molecule has 1 fully saturated rings. The van der Waals surface area contributed by atoms with Gasteiger partial charge in [-0.15, -0.1) is 11.3 Å². The Morgan fingerprint density at radius 2 is 2.24 bits per heavy atom. The number of aliphatic carboxylic acids is 1. The molecule has 1 atom stereocenters. The molecule has 1 saturated heterocycles. The van der Waals surface area contributed by atoms with Crippen LogP contribution in [-0.4, -0.2) is 33.5 Å². The van der Waals surface area contributed by atoms with E-state index < -0.39 is 5.97 Å². The smallest absolute Gasteiger partial charge is 0.309 e. The summed E-state index contributed by atoms with van der Waals surface area (Å²) >= 11 is 1.70. The molecule has 0 aliphatic carbocycles. The Hall–Kier alpha value is -0.940. The number of rotatable bonds is 6. The summed E-state index contributed by atoms with van der Waals surface area (Å²) in [5.74, 6) is -0.429. The Kier molecular flexibility index (Phi) is 5.76. The monoisotopic (exact) mass is 310 g/mol. The highest BCUT2D eigenvalue weighted by Crippen LogP contribution is 2.29. The van der Waals surface area contributed by atoms with Crippen LogP contribution in [0.5, 0.6) is 0 Å². The first kappa shape index (κ1) is 16.4. The molecule has 1 unspecified atom stereocenters. The van der Waals surface area contributed by atoms with Gasteiger partial charge in [-0.2, -0.15) is 0 Å². The van der Waals surface area contributed by atoms with Crippen LogP contribution in [0, 0.1) is 0 Å². The number of nitrogens with zero attached hydrogens (tertiary/aromatic N) is 2. The van der Waals surface area contributed by atoms with Gasteiger partial charge in [0.1, 0.15) is 0 Å². The Labute approximate surface area is 131 Å². The van der Waals surface area contributed by atoms with Gasteiger partial charge in [-0.3, -0.25) is 9.69 Å². The minimum absolute atomic E-state index is 0.0448. The maximum atomic E-state index is 11.1. The van der Waals surface area contributed by atoms with Crippen molar-refractivity contribution in [3.05, 3.63) is 15.6 Å². The van der Waals surface area contributed by atoms with Crippen molar-refractivity contribution in [1.82, 2.24) is 9.88 Å². The fourth-order valence-electron chi connectivity index (χ4n) is 2.97. The number of carboxylic acid groups (broad SMARTS) is 1. The summed E-state index contributed by atoms with van der Waals surface area (Å²) in [4.78, 5) is 19.3. The molecular formula is C16H26N2O2S. The summed E-state index contributed by atoms with van der Waals surface area (Å²) in [6.07, 6.45) is 5.05. The van der Waals surface area contributed by atoms with Crippen LogP contribution in [-0.2, 0) is 17.8 Å². The Morgan fingerprint density at radius 1 is 1.48 bits per heavy atom. The van der Waals surface area contributed by atoms with E-state index in [0.717, 1.165) is 28.7 Å². The van der Waals surface area contributed by atoms with Crippen LogP contribution < -0.4 is 0 Å². The van der Waals surface area contributed by atoms with Crippen LogP contribution in [0.3, 0.4) is 0 Å². The van der Waals surface area contributed by atoms with E-state index in [1.807, 2.05) is 0 Å². The fourth-order valence-corrected chi connectivity index (χ4v) is 4.08. The van der Waals surface area contributed by atoms with Gasteiger partial charge < -0.3 is 5.11 Å². The highest BCUT2D eigenvalue weighted by atomic mass is 32.1. The largest absolute Gasteiger partial charge is 0.481 e. The van der Waals surface area contributed by atoms with Crippen molar-refractivity contribution in [1.29, 1.82) is 0 Å². The molecule has 118 valence electrons. The predicted molar refractivity (Wildman–Crippen MR) is 85.9 cm³/mol. The molecule has 2 rings (SSSR count). The minimum Gasteiger partial charge on any atom is -0.481 e. The molecule has 4 nitrogen and oxygen atoms in total. The molecule has 0 radical (unpaired) electrons. The van der Waals surface area contributed by atoms with E-state index in [4.69, 9.17) is 5.11 Å². The van der Waals surface area contributed by atoms with E-state index in [1.54, 1.807) is 11.3 Å². The molecule has 0 saturated carbocycles. The fraction of sp³-hybridized carbons (Fsp3) is 0.750. The third kappa shape index (κ3) is 4.27. The number of hydrogen-bond donors (Lipinski definition) is 1. The standard InChI is InChI=1S/C16H26N2O2S/c1-4-12-7-5-6-8-18(12)10-14-13(9-15(19)20)17-16(21-14)11(2)3/h11-12H,4-10H2,1-3H3,(H,19,20).